The average Bonchev–Trinajstić information content (AvgIpc) is 3.20. The van der Waals surface area contributed by atoms with Crippen LogP contribution in [0.1, 0.15) is 28.2 Å². The Morgan fingerprint density at radius 2 is 1.30 bits per heavy atom. The standard InChI is InChI=1S/C27H21BrN2/c1-18-16-23(28)26-24(17-18)29-27(30-26)22-14-12-21(13-15-22)25(19-8-4-2-5-9-19)20-10-6-3-7-11-20/h2-17,25H,1H3,(H,29,30). The Kier molecular flexibility index (Phi) is 4.97. The third-order valence-electron chi connectivity index (χ3n) is 5.47. The number of hydrogen-bond acceptors (Lipinski definition) is 1. The Bertz CT molecular complexity index is 1250. The summed E-state index contributed by atoms with van der Waals surface area (Å²) < 4.78 is 1.02. The van der Waals surface area contributed by atoms with E-state index >= 15 is 0 Å². The lowest BCUT2D eigenvalue weighted by molar-refractivity contribution is 0.977. The first-order chi connectivity index (χ1) is 14.7. The number of aromatic amines is 1. The number of benzene rings is 4. The molecule has 3 heteroatoms. The van der Waals surface area contributed by atoms with Crippen molar-refractivity contribution < 1.29 is 0 Å². The Balaban J connectivity index is 1.55. The topological polar surface area (TPSA) is 28.7 Å². The summed E-state index contributed by atoms with van der Waals surface area (Å²) in [5.41, 5.74) is 8.15. The molecule has 2 nitrogen and oxygen atoms in total. The van der Waals surface area contributed by atoms with Gasteiger partial charge in [0.05, 0.1) is 5.52 Å². The molecule has 0 saturated carbocycles. The third kappa shape index (κ3) is 3.57. The number of nitrogens with one attached hydrogen (secondary N) is 1. The predicted octanol–water partition coefficient (Wildman–Crippen LogP) is 7.48. The number of H-pyrrole nitrogens is 1. The highest BCUT2D eigenvalue weighted by atomic mass is 79.9. The lowest BCUT2D eigenvalue weighted by Gasteiger charge is -2.19. The summed E-state index contributed by atoms with van der Waals surface area (Å²) in [6.07, 6.45) is 0. The fourth-order valence-corrected chi connectivity index (χ4v) is 4.71. The molecule has 1 heterocycles. The van der Waals surface area contributed by atoms with Crippen LogP contribution < -0.4 is 0 Å². The highest BCUT2D eigenvalue weighted by Crippen LogP contribution is 2.33. The van der Waals surface area contributed by atoms with E-state index in [4.69, 9.17) is 4.98 Å². The van der Waals surface area contributed by atoms with Gasteiger partial charge in [-0.05, 0) is 57.2 Å². The van der Waals surface area contributed by atoms with E-state index in [0.29, 0.717) is 0 Å². The molecular weight excluding hydrogens is 432 g/mol. The molecule has 0 bridgehead atoms. The number of imidazole rings is 1. The Morgan fingerprint density at radius 3 is 1.90 bits per heavy atom. The molecule has 0 aliphatic carbocycles. The van der Waals surface area contributed by atoms with Crippen LogP contribution in [0.2, 0.25) is 0 Å². The van der Waals surface area contributed by atoms with Gasteiger partial charge < -0.3 is 4.98 Å². The van der Waals surface area contributed by atoms with E-state index in [2.05, 4.69) is 125 Å². The predicted molar refractivity (Wildman–Crippen MR) is 128 cm³/mol. The maximum Gasteiger partial charge on any atom is 0.138 e. The average molecular weight is 453 g/mol. The number of nitrogens with zero attached hydrogens (tertiary/aromatic N) is 1. The Morgan fingerprint density at radius 1 is 0.733 bits per heavy atom. The smallest absolute Gasteiger partial charge is 0.138 e. The van der Waals surface area contributed by atoms with Crippen LogP contribution in [0.5, 0.6) is 0 Å². The minimum atomic E-state index is 0.203. The van der Waals surface area contributed by atoms with E-state index in [-0.39, 0.29) is 5.92 Å². The van der Waals surface area contributed by atoms with Gasteiger partial charge in [0.25, 0.3) is 0 Å². The van der Waals surface area contributed by atoms with Gasteiger partial charge in [-0.2, -0.15) is 0 Å². The van der Waals surface area contributed by atoms with E-state index in [0.717, 1.165) is 26.9 Å². The van der Waals surface area contributed by atoms with Crippen molar-refractivity contribution >= 4 is 27.0 Å². The van der Waals surface area contributed by atoms with Crippen LogP contribution in [-0.4, -0.2) is 9.97 Å². The SMILES string of the molecule is Cc1cc(Br)c2nc(-c3ccc(C(c4ccccc4)c4ccccc4)cc3)[nH]c2c1. The molecule has 0 spiro atoms. The minimum absolute atomic E-state index is 0.203. The van der Waals surface area contributed by atoms with Crippen LogP contribution >= 0.6 is 15.9 Å². The third-order valence-corrected chi connectivity index (χ3v) is 6.07. The highest BCUT2D eigenvalue weighted by molar-refractivity contribution is 9.10. The number of hydrogen-bond donors (Lipinski definition) is 1. The van der Waals surface area contributed by atoms with Crippen molar-refractivity contribution in [3.8, 4) is 11.4 Å². The van der Waals surface area contributed by atoms with Gasteiger partial charge in [0, 0.05) is 16.0 Å². The molecule has 0 aliphatic heterocycles. The van der Waals surface area contributed by atoms with E-state index in [1.54, 1.807) is 0 Å². The fourth-order valence-electron chi connectivity index (χ4n) is 4.05. The maximum absolute atomic E-state index is 4.81. The molecule has 5 rings (SSSR count). The molecule has 1 N–H and O–H groups in total. The normalized spacial score (nSPS) is 11.3. The van der Waals surface area contributed by atoms with E-state index in [9.17, 15) is 0 Å². The summed E-state index contributed by atoms with van der Waals surface area (Å²) in [5.74, 6) is 1.09. The van der Waals surface area contributed by atoms with Crippen LogP contribution in [0.4, 0.5) is 0 Å². The van der Waals surface area contributed by atoms with Crippen LogP contribution in [0.15, 0.2) is 102 Å². The van der Waals surface area contributed by atoms with Crippen molar-refractivity contribution in [2.45, 2.75) is 12.8 Å². The zero-order valence-corrected chi connectivity index (χ0v) is 18.2. The molecule has 0 unspecified atom stereocenters. The van der Waals surface area contributed by atoms with Gasteiger partial charge in [-0.1, -0.05) is 84.9 Å². The molecular formula is C27H21BrN2. The molecule has 0 amide bonds. The minimum Gasteiger partial charge on any atom is -0.338 e. The summed E-state index contributed by atoms with van der Waals surface area (Å²) in [5, 5.41) is 0. The summed E-state index contributed by atoms with van der Waals surface area (Å²) >= 11 is 3.63. The molecule has 0 radical (unpaired) electrons. The van der Waals surface area contributed by atoms with Crippen molar-refractivity contribution in [1.82, 2.24) is 9.97 Å². The highest BCUT2D eigenvalue weighted by Gasteiger charge is 2.17. The van der Waals surface area contributed by atoms with Gasteiger partial charge >= 0.3 is 0 Å². The van der Waals surface area contributed by atoms with E-state index in [1.165, 1.54) is 22.3 Å². The van der Waals surface area contributed by atoms with Crippen LogP contribution in [0, 0.1) is 6.92 Å². The molecule has 30 heavy (non-hydrogen) atoms. The zero-order valence-electron chi connectivity index (χ0n) is 16.6. The lowest BCUT2D eigenvalue weighted by Crippen LogP contribution is -2.03. The second kappa shape index (κ2) is 7.92. The molecule has 0 aliphatic rings. The van der Waals surface area contributed by atoms with Gasteiger partial charge in [-0.15, -0.1) is 0 Å². The first-order valence-electron chi connectivity index (χ1n) is 10.0. The van der Waals surface area contributed by atoms with Crippen LogP contribution in [0.3, 0.4) is 0 Å². The Labute approximate surface area is 184 Å². The molecule has 0 atom stereocenters. The van der Waals surface area contributed by atoms with Crippen molar-refractivity contribution in [2.75, 3.05) is 0 Å². The largest absolute Gasteiger partial charge is 0.338 e. The van der Waals surface area contributed by atoms with Crippen molar-refractivity contribution in [3.05, 3.63) is 124 Å². The van der Waals surface area contributed by atoms with Crippen molar-refractivity contribution in [1.29, 1.82) is 0 Å². The number of aryl methyl sites for hydroxylation is 1. The quantitative estimate of drug-likeness (QED) is 0.281. The number of fused-ring (bicyclic) bond motifs is 1. The Hall–Kier alpha value is -3.17. The monoisotopic (exact) mass is 452 g/mol. The summed E-state index contributed by atoms with van der Waals surface area (Å²) in [7, 11) is 0. The first kappa shape index (κ1) is 18.8. The van der Waals surface area contributed by atoms with Crippen molar-refractivity contribution in [2.24, 2.45) is 0 Å². The maximum atomic E-state index is 4.81. The van der Waals surface area contributed by atoms with Gasteiger partial charge in [-0.25, -0.2) is 4.98 Å². The zero-order chi connectivity index (χ0) is 20.5. The van der Waals surface area contributed by atoms with Gasteiger partial charge in [0.2, 0.25) is 0 Å². The summed E-state index contributed by atoms with van der Waals surface area (Å²) in [6, 6.07) is 34.3. The van der Waals surface area contributed by atoms with Gasteiger partial charge in [0.1, 0.15) is 11.3 Å². The summed E-state index contributed by atoms with van der Waals surface area (Å²) in [4.78, 5) is 8.28. The van der Waals surface area contributed by atoms with Gasteiger partial charge in [0.15, 0.2) is 0 Å². The second-order valence-electron chi connectivity index (χ2n) is 7.60. The summed E-state index contributed by atoms with van der Waals surface area (Å²) in [6.45, 7) is 2.09. The first-order valence-corrected chi connectivity index (χ1v) is 10.8. The molecule has 1 aromatic heterocycles. The lowest BCUT2D eigenvalue weighted by atomic mass is 9.85. The van der Waals surface area contributed by atoms with E-state index < -0.39 is 0 Å². The molecule has 0 fully saturated rings. The molecule has 146 valence electrons. The van der Waals surface area contributed by atoms with Gasteiger partial charge in [-0.3, -0.25) is 0 Å². The molecule has 4 aromatic carbocycles. The second-order valence-corrected chi connectivity index (χ2v) is 8.46. The molecule has 5 aromatic rings. The van der Waals surface area contributed by atoms with Crippen LogP contribution in [0.25, 0.3) is 22.4 Å². The fraction of sp³-hybridized carbons (Fsp3) is 0.0741. The number of aromatic nitrogens is 2. The van der Waals surface area contributed by atoms with Crippen molar-refractivity contribution in [3.63, 3.8) is 0 Å². The van der Waals surface area contributed by atoms with E-state index in [1.807, 2.05) is 0 Å². The number of halogens is 1. The number of rotatable bonds is 4. The molecule has 0 saturated heterocycles. The van der Waals surface area contributed by atoms with Crippen LogP contribution in [-0.2, 0) is 0 Å².